The third-order valence-corrected chi connectivity index (χ3v) is 1.86. The van der Waals surface area contributed by atoms with Gasteiger partial charge in [-0.3, -0.25) is 9.59 Å². The highest BCUT2D eigenvalue weighted by molar-refractivity contribution is 5.90. The van der Waals surface area contributed by atoms with Crippen molar-refractivity contribution in [2.45, 2.75) is 20.3 Å². The fourth-order valence-electron chi connectivity index (χ4n) is 0.891. The predicted octanol–water partition coefficient (Wildman–Crippen LogP) is 1.19. The standard InChI is InChI=1S/C11H17NO3/c1-4-9(5-2)6-7-10(13)12-8-11(14)15-3/h4,6-7H,5,8H2,1-3H3,(H,12,13)/b7-6+,9-4+. The number of carbonyl (C=O) groups excluding carboxylic acids is 2. The second-order valence-electron chi connectivity index (χ2n) is 2.84. The van der Waals surface area contributed by atoms with Gasteiger partial charge in [0.2, 0.25) is 5.91 Å². The average Bonchev–Trinajstić information content (AvgIpc) is 2.27. The molecule has 15 heavy (non-hydrogen) atoms. The molecule has 0 unspecified atom stereocenters. The SMILES string of the molecule is C/C=C(/C=C/C(=O)NCC(=O)OC)CC. The molecule has 0 aliphatic carbocycles. The highest BCUT2D eigenvalue weighted by Crippen LogP contribution is 2.00. The van der Waals surface area contributed by atoms with Crippen LogP contribution in [0.4, 0.5) is 0 Å². The van der Waals surface area contributed by atoms with E-state index < -0.39 is 5.97 Å². The summed E-state index contributed by atoms with van der Waals surface area (Å²) in [5.41, 5.74) is 1.07. The Kier molecular flexibility index (Phi) is 6.97. The molecule has 0 bridgehead atoms. The number of carbonyl (C=O) groups is 2. The number of ether oxygens (including phenoxy) is 1. The van der Waals surface area contributed by atoms with Crippen LogP contribution in [0.5, 0.6) is 0 Å². The van der Waals surface area contributed by atoms with Gasteiger partial charge in [-0.1, -0.05) is 24.6 Å². The van der Waals surface area contributed by atoms with E-state index >= 15 is 0 Å². The van der Waals surface area contributed by atoms with Crippen LogP contribution in [0, 0.1) is 0 Å². The fourth-order valence-corrected chi connectivity index (χ4v) is 0.891. The van der Waals surface area contributed by atoms with Crippen LogP contribution < -0.4 is 5.32 Å². The Balaban J connectivity index is 3.98. The summed E-state index contributed by atoms with van der Waals surface area (Å²) in [5, 5.41) is 2.41. The molecule has 1 N–H and O–H groups in total. The molecule has 1 amide bonds. The minimum Gasteiger partial charge on any atom is -0.468 e. The van der Waals surface area contributed by atoms with Crippen molar-refractivity contribution in [3.63, 3.8) is 0 Å². The number of rotatable bonds is 5. The fraction of sp³-hybridized carbons (Fsp3) is 0.455. The van der Waals surface area contributed by atoms with Crippen LogP contribution in [0.15, 0.2) is 23.8 Å². The van der Waals surface area contributed by atoms with Crippen molar-refractivity contribution in [3.8, 4) is 0 Å². The van der Waals surface area contributed by atoms with Gasteiger partial charge in [0.15, 0.2) is 0 Å². The van der Waals surface area contributed by atoms with E-state index in [4.69, 9.17) is 0 Å². The first-order valence-electron chi connectivity index (χ1n) is 4.82. The Morgan fingerprint density at radius 3 is 2.47 bits per heavy atom. The molecule has 84 valence electrons. The zero-order chi connectivity index (χ0) is 11.7. The van der Waals surface area contributed by atoms with E-state index in [2.05, 4.69) is 10.1 Å². The van der Waals surface area contributed by atoms with E-state index in [0.29, 0.717) is 0 Å². The summed E-state index contributed by atoms with van der Waals surface area (Å²) in [6, 6.07) is 0. The zero-order valence-corrected chi connectivity index (χ0v) is 9.37. The largest absolute Gasteiger partial charge is 0.468 e. The molecule has 0 fully saturated rings. The van der Waals surface area contributed by atoms with Gasteiger partial charge < -0.3 is 10.1 Å². The number of hydrogen-bond acceptors (Lipinski definition) is 3. The third kappa shape index (κ3) is 6.49. The summed E-state index contributed by atoms with van der Waals surface area (Å²) in [5.74, 6) is -0.758. The van der Waals surface area contributed by atoms with Gasteiger partial charge in [-0.15, -0.1) is 0 Å². The maximum absolute atomic E-state index is 11.2. The van der Waals surface area contributed by atoms with Crippen LogP contribution in [0.1, 0.15) is 20.3 Å². The predicted molar refractivity (Wildman–Crippen MR) is 58.2 cm³/mol. The number of amides is 1. The van der Waals surface area contributed by atoms with Gasteiger partial charge in [0, 0.05) is 6.08 Å². The summed E-state index contributed by atoms with van der Waals surface area (Å²) >= 11 is 0. The van der Waals surface area contributed by atoms with E-state index in [0.717, 1.165) is 12.0 Å². The molecule has 0 atom stereocenters. The molecule has 0 saturated carbocycles. The van der Waals surface area contributed by atoms with E-state index in [1.807, 2.05) is 19.9 Å². The van der Waals surface area contributed by atoms with E-state index in [1.165, 1.54) is 13.2 Å². The van der Waals surface area contributed by atoms with E-state index in [9.17, 15) is 9.59 Å². The molecule has 4 nitrogen and oxygen atoms in total. The number of hydrogen-bond donors (Lipinski definition) is 1. The van der Waals surface area contributed by atoms with Crippen LogP contribution in [0.2, 0.25) is 0 Å². The number of methoxy groups -OCH3 is 1. The smallest absolute Gasteiger partial charge is 0.325 e. The summed E-state index contributed by atoms with van der Waals surface area (Å²) in [6.45, 7) is 3.82. The maximum atomic E-state index is 11.2. The molecule has 0 spiro atoms. The van der Waals surface area contributed by atoms with Crippen molar-refractivity contribution >= 4 is 11.9 Å². The first-order valence-corrected chi connectivity index (χ1v) is 4.82. The van der Waals surface area contributed by atoms with Crippen molar-refractivity contribution in [2.75, 3.05) is 13.7 Å². The molecule has 0 heterocycles. The Morgan fingerprint density at radius 2 is 2.00 bits per heavy atom. The Morgan fingerprint density at radius 1 is 1.33 bits per heavy atom. The zero-order valence-electron chi connectivity index (χ0n) is 9.37. The van der Waals surface area contributed by atoms with Crippen LogP contribution in [0.25, 0.3) is 0 Å². The number of allylic oxidation sites excluding steroid dienone is 3. The van der Waals surface area contributed by atoms with Crippen molar-refractivity contribution in [2.24, 2.45) is 0 Å². The molecule has 0 aromatic heterocycles. The minimum atomic E-state index is -0.460. The number of esters is 1. The molecule has 4 heteroatoms. The van der Waals surface area contributed by atoms with Gasteiger partial charge >= 0.3 is 5.97 Å². The van der Waals surface area contributed by atoms with Gasteiger partial charge in [0.1, 0.15) is 6.54 Å². The monoisotopic (exact) mass is 211 g/mol. The molecule has 0 saturated heterocycles. The van der Waals surface area contributed by atoms with Crippen molar-refractivity contribution in [3.05, 3.63) is 23.8 Å². The summed E-state index contributed by atoms with van der Waals surface area (Å²) < 4.78 is 4.38. The summed E-state index contributed by atoms with van der Waals surface area (Å²) in [7, 11) is 1.28. The molecular weight excluding hydrogens is 194 g/mol. The van der Waals surface area contributed by atoms with Crippen LogP contribution in [-0.4, -0.2) is 25.5 Å². The van der Waals surface area contributed by atoms with Crippen LogP contribution in [0.3, 0.4) is 0 Å². The van der Waals surface area contributed by atoms with Crippen LogP contribution >= 0.6 is 0 Å². The van der Waals surface area contributed by atoms with Gasteiger partial charge in [0.25, 0.3) is 0 Å². The topological polar surface area (TPSA) is 55.4 Å². The summed E-state index contributed by atoms with van der Waals surface area (Å²) in [4.78, 5) is 21.9. The third-order valence-electron chi connectivity index (χ3n) is 1.86. The molecular formula is C11H17NO3. The first-order chi connectivity index (χ1) is 7.13. The Bertz CT molecular complexity index is 280. The minimum absolute atomic E-state index is 0.100. The first kappa shape index (κ1) is 13.4. The normalized spacial score (nSPS) is 11.5. The lowest BCUT2D eigenvalue weighted by Gasteiger charge is -2.00. The van der Waals surface area contributed by atoms with Crippen molar-refractivity contribution < 1.29 is 14.3 Å². The second kappa shape index (κ2) is 7.79. The molecule has 0 aromatic rings. The van der Waals surface area contributed by atoms with Gasteiger partial charge in [-0.05, 0) is 13.3 Å². The molecule has 0 aromatic carbocycles. The quantitative estimate of drug-likeness (QED) is 0.422. The van der Waals surface area contributed by atoms with Gasteiger partial charge in [-0.25, -0.2) is 0 Å². The second-order valence-corrected chi connectivity index (χ2v) is 2.84. The highest BCUT2D eigenvalue weighted by Gasteiger charge is 2.01. The van der Waals surface area contributed by atoms with Gasteiger partial charge in [0.05, 0.1) is 7.11 Å². The van der Waals surface area contributed by atoms with Crippen molar-refractivity contribution in [1.82, 2.24) is 5.32 Å². The summed E-state index contributed by atoms with van der Waals surface area (Å²) in [6.07, 6.45) is 5.94. The molecule has 0 aliphatic heterocycles. The lowest BCUT2D eigenvalue weighted by atomic mass is 10.2. The Hall–Kier alpha value is -1.58. The number of nitrogens with one attached hydrogen (secondary N) is 1. The highest BCUT2D eigenvalue weighted by atomic mass is 16.5. The molecule has 0 aliphatic rings. The maximum Gasteiger partial charge on any atom is 0.325 e. The van der Waals surface area contributed by atoms with Crippen molar-refractivity contribution in [1.29, 1.82) is 0 Å². The Labute approximate surface area is 90.0 Å². The van der Waals surface area contributed by atoms with E-state index in [1.54, 1.807) is 6.08 Å². The lowest BCUT2D eigenvalue weighted by molar-refractivity contribution is -0.140. The average molecular weight is 211 g/mol. The molecule has 0 rings (SSSR count). The molecule has 0 radical (unpaired) electrons. The lowest BCUT2D eigenvalue weighted by Crippen LogP contribution is -2.28. The van der Waals surface area contributed by atoms with E-state index in [-0.39, 0.29) is 12.5 Å². The van der Waals surface area contributed by atoms with Crippen LogP contribution in [-0.2, 0) is 14.3 Å². The van der Waals surface area contributed by atoms with Gasteiger partial charge in [-0.2, -0.15) is 0 Å².